The third-order valence-electron chi connectivity index (χ3n) is 11.9. The number of hydrogen-bond donors (Lipinski definition) is 3. The number of aromatic amines is 1. The zero-order valence-corrected chi connectivity index (χ0v) is 43.7. The van der Waals surface area contributed by atoms with Gasteiger partial charge in [-0.05, 0) is 36.1 Å². The molecule has 0 aliphatic heterocycles. The van der Waals surface area contributed by atoms with Crippen LogP contribution in [0.5, 0.6) is 6.01 Å². The van der Waals surface area contributed by atoms with Gasteiger partial charge in [-0.2, -0.15) is 9.97 Å². The van der Waals surface area contributed by atoms with Crippen LogP contribution in [0.3, 0.4) is 0 Å². The fourth-order valence-corrected chi connectivity index (χ4v) is 8.74. The highest BCUT2D eigenvalue weighted by Crippen LogP contribution is 2.43. The maximum Gasteiger partial charge on any atom is 0.328 e. The Labute approximate surface area is 420 Å². The highest BCUT2D eigenvalue weighted by atomic mass is 31.2. The summed E-state index contributed by atoms with van der Waals surface area (Å²) in [5.41, 5.74) is 2.49. The summed E-state index contributed by atoms with van der Waals surface area (Å²) < 4.78 is 48.0. The molecule has 0 saturated carbocycles. The minimum absolute atomic E-state index is 0.0231. The van der Waals surface area contributed by atoms with Crippen LogP contribution >= 0.6 is 7.60 Å². The smallest absolute Gasteiger partial charge is 0.328 e. The number of carbonyl (C=O) groups is 3. The molecule has 3 N–H and O–H groups in total. The normalized spacial score (nSPS) is 12.6. The van der Waals surface area contributed by atoms with E-state index < -0.39 is 25.4 Å². The Hall–Kier alpha value is -5.09. The van der Waals surface area contributed by atoms with Crippen molar-refractivity contribution < 1.29 is 46.9 Å². The molecule has 2 unspecified atom stereocenters. The summed E-state index contributed by atoms with van der Waals surface area (Å²) in [6.45, 7) is 6.24. The summed E-state index contributed by atoms with van der Waals surface area (Å²) in [7, 11) is -2.11. The van der Waals surface area contributed by atoms with Crippen LogP contribution in [-0.4, -0.2) is 96.8 Å². The standard InChI is InChI=1S/C53H81N6O11P/c1-5-7-9-11-13-15-17-19-24-28-46(60)67-40-45(70-47(61)29-25-20-18-16-14-12-10-8-6-2)41-69-71(4,64)68-35-34-54-51(62)44-32-30-43(31-33-44)39-59-50-48(56-53(59)63)49(55-38-42-26-22-21-23-27-42)57-52(58-50)66-37-36-65-3/h21-23,26-27,30-33,45H,5-20,24-25,28-29,34-41H2,1-4H3,(H,54,62)(H,56,63)(H,55,57,58). The lowest BCUT2D eigenvalue weighted by atomic mass is 10.1. The van der Waals surface area contributed by atoms with Crippen molar-refractivity contribution in [2.75, 3.05) is 58.7 Å². The molecule has 0 bridgehead atoms. The molecule has 2 aromatic carbocycles. The molecule has 2 heterocycles. The Balaban J connectivity index is 1.24. The number of hydrogen-bond acceptors (Lipinski definition) is 14. The van der Waals surface area contributed by atoms with Gasteiger partial charge in [-0.3, -0.25) is 23.5 Å². The molecule has 394 valence electrons. The molecular formula is C53H81N6O11P. The molecule has 0 spiro atoms. The van der Waals surface area contributed by atoms with Crippen LogP contribution in [0, 0.1) is 0 Å². The number of carbonyl (C=O) groups excluding carboxylic acids is 3. The van der Waals surface area contributed by atoms with Gasteiger partial charge in [-0.15, -0.1) is 0 Å². The number of nitrogens with one attached hydrogen (secondary N) is 3. The predicted octanol–water partition coefficient (Wildman–Crippen LogP) is 10.7. The van der Waals surface area contributed by atoms with E-state index in [2.05, 4.69) is 39.4 Å². The Bertz CT molecular complexity index is 2240. The van der Waals surface area contributed by atoms with Gasteiger partial charge in [0.2, 0.25) is 0 Å². The zero-order chi connectivity index (χ0) is 50.9. The minimum atomic E-state index is -3.68. The molecule has 18 heteroatoms. The van der Waals surface area contributed by atoms with Gasteiger partial charge in [0.05, 0.1) is 26.4 Å². The van der Waals surface area contributed by atoms with Gasteiger partial charge in [0.15, 0.2) is 17.6 Å². The molecule has 4 aromatic rings. The lowest BCUT2D eigenvalue weighted by Gasteiger charge is -2.21. The van der Waals surface area contributed by atoms with Crippen molar-refractivity contribution in [3.05, 3.63) is 81.8 Å². The number of aromatic nitrogens is 4. The second-order valence-electron chi connectivity index (χ2n) is 18.1. The molecule has 0 aliphatic rings. The van der Waals surface area contributed by atoms with Crippen LogP contribution in [0.1, 0.15) is 164 Å². The number of methoxy groups -OCH3 is 1. The largest absolute Gasteiger partial charge is 0.462 e. The summed E-state index contributed by atoms with van der Waals surface area (Å²) in [4.78, 5) is 63.8. The summed E-state index contributed by atoms with van der Waals surface area (Å²) in [5.74, 6) is -0.792. The minimum Gasteiger partial charge on any atom is -0.462 e. The third kappa shape index (κ3) is 23.8. The number of ether oxygens (including phenoxy) is 4. The number of imidazole rings is 1. The first kappa shape index (κ1) is 58.5. The number of fused-ring (bicyclic) bond motifs is 1. The zero-order valence-electron chi connectivity index (χ0n) is 42.9. The number of benzene rings is 2. The number of H-pyrrole nitrogens is 1. The van der Waals surface area contributed by atoms with E-state index in [9.17, 15) is 23.7 Å². The number of esters is 2. The van der Waals surface area contributed by atoms with Crippen LogP contribution in [0.15, 0.2) is 59.4 Å². The summed E-state index contributed by atoms with van der Waals surface area (Å²) in [6.07, 6.45) is 19.7. The van der Waals surface area contributed by atoms with Crippen molar-refractivity contribution in [3.8, 4) is 6.01 Å². The molecule has 0 aliphatic carbocycles. The first-order valence-electron chi connectivity index (χ1n) is 26.0. The van der Waals surface area contributed by atoms with E-state index in [0.717, 1.165) is 56.1 Å². The fourth-order valence-electron chi connectivity index (χ4n) is 7.80. The average molecular weight is 1010 g/mol. The van der Waals surface area contributed by atoms with Crippen LogP contribution in [0.4, 0.5) is 5.82 Å². The van der Waals surface area contributed by atoms with Crippen LogP contribution in [0.25, 0.3) is 11.2 Å². The number of anilines is 1. The average Bonchev–Trinajstić information content (AvgIpc) is 3.68. The summed E-state index contributed by atoms with van der Waals surface area (Å²) in [5, 5.41) is 6.05. The van der Waals surface area contributed by atoms with Gasteiger partial charge >= 0.3 is 31.2 Å². The van der Waals surface area contributed by atoms with E-state index in [0.29, 0.717) is 42.1 Å². The molecule has 71 heavy (non-hydrogen) atoms. The lowest BCUT2D eigenvalue weighted by molar-refractivity contribution is -0.161. The van der Waals surface area contributed by atoms with E-state index in [-0.39, 0.29) is 70.2 Å². The van der Waals surface area contributed by atoms with Gasteiger partial charge in [-0.1, -0.05) is 159 Å². The van der Waals surface area contributed by atoms with E-state index in [4.69, 9.17) is 28.0 Å². The Morgan fingerprint density at radius 2 is 1.31 bits per heavy atom. The van der Waals surface area contributed by atoms with Gasteiger partial charge in [0.1, 0.15) is 18.7 Å². The van der Waals surface area contributed by atoms with Crippen molar-refractivity contribution in [2.45, 2.75) is 161 Å². The Morgan fingerprint density at radius 1 is 0.704 bits per heavy atom. The number of amides is 1. The number of unbranched alkanes of at least 4 members (excludes halogenated alkanes) is 16. The third-order valence-corrected chi connectivity index (χ3v) is 13.2. The predicted molar refractivity (Wildman–Crippen MR) is 277 cm³/mol. The van der Waals surface area contributed by atoms with Crippen molar-refractivity contribution in [2.24, 2.45) is 0 Å². The van der Waals surface area contributed by atoms with Gasteiger partial charge in [0, 0.05) is 45.3 Å². The molecule has 2 atom stereocenters. The van der Waals surface area contributed by atoms with Gasteiger partial charge in [0.25, 0.3) is 5.91 Å². The molecule has 0 radical (unpaired) electrons. The highest BCUT2D eigenvalue weighted by Gasteiger charge is 2.24. The number of rotatable bonds is 40. The topological polar surface area (TPSA) is 211 Å². The van der Waals surface area contributed by atoms with E-state index in [1.807, 2.05) is 30.3 Å². The summed E-state index contributed by atoms with van der Waals surface area (Å²) >= 11 is 0. The first-order chi connectivity index (χ1) is 34.5. The van der Waals surface area contributed by atoms with E-state index in [1.54, 1.807) is 31.4 Å². The second kappa shape index (κ2) is 34.3. The fraction of sp³-hybridized carbons (Fsp3) is 0.623. The monoisotopic (exact) mass is 1010 g/mol. The molecule has 0 fully saturated rings. The maximum atomic E-state index is 13.3. The molecule has 2 aromatic heterocycles. The lowest BCUT2D eigenvalue weighted by Crippen LogP contribution is -2.30. The molecule has 0 saturated heterocycles. The first-order valence-corrected chi connectivity index (χ1v) is 28.0. The SMILES string of the molecule is CCCCCCCCCCCC(=O)OCC(COP(C)(=O)OCCNC(=O)c1ccc(Cn2c(=O)[nH]c3c(NCc4ccccc4)nc(OCCOC)nc32)cc1)OC(=O)CCCCCCCCCCC. The van der Waals surface area contributed by atoms with Crippen molar-refractivity contribution in [1.82, 2.24) is 24.8 Å². The van der Waals surface area contributed by atoms with Crippen LogP contribution in [0.2, 0.25) is 0 Å². The Morgan fingerprint density at radius 3 is 1.93 bits per heavy atom. The number of nitrogens with zero attached hydrogens (tertiary/aromatic N) is 3. The quantitative estimate of drug-likeness (QED) is 0.0215. The van der Waals surface area contributed by atoms with Crippen molar-refractivity contribution in [3.63, 3.8) is 0 Å². The van der Waals surface area contributed by atoms with Crippen molar-refractivity contribution in [1.29, 1.82) is 0 Å². The van der Waals surface area contributed by atoms with E-state index in [1.165, 1.54) is 75.4 Å². The van der Waals surface area contributed by atoms with Crippen LogP contribution < -0.4 is 21.1 Å². The molecular weight excluding hydrogens is 928 g/mol. The molecule has 17 nitrogen and oxygen atoms in total. The van der Waals surface area contributed by atoms with E-state index >= 15 is 0 Å². The van der Waals surface area contributed by atoms with Gasteiger partial charge in [-0.25, -0.2) is 4.79 Å². The summed E-state index contributed by atoms with van der Waals surface area (Å²) in [6, 6.07) is 16.6. The second-order valence-corrected chi connectivity index (χ2v) is 20.1. The molecule has 4 rings (SSSR count). The van der Waals surface area contributed by atoms with Crippen molar-refractivity contribution >= 4 is 42.4 Å². The highest BCUT2D eigenvalue weighted by molar-refractivity contribution is 7.52. The maximum absolute atomic E-state index is 13.3. The Kier molecular flexibility index (Phi) is 28.3. The van der Waals surface area contributed by atoms with Gasteiger partial charge < -0.3 is 43.6 Å². The van der Waals surface area contributed by atoms with Crippen LogP contribution in [-0.2, 0) is 50.5 Å². The molecule has 1 amide bonds.